The van der Waals surface area contributed by atoms with E-state index in [-0.39, 0.29) is 24.8 Å². The number of furan rings is 1. The summed E-state index contributed by atoms with van der Waals surface area (Å²) in [6, 6.07) is 11.6. The summed E-state index contributed by atoms with van der Waals surface area (Å²) in [6.45, 7) is 3.09. The van der Waals surface area contributed by atoms with Gasteiger partial charge in [0.2, 0.25) is 0 Å². The van der Waals surface area contributed by atoms with Crippen molar-refractivity contribution in [1.29, 1.82) is 0 Å². The number of imide groups is 1. The number of nitrogens with one attached hydrogen (secondary N) is 3. The van der Waals surface area contributed by atoms with Gasteiger partial charge in [-0.15, -0.1) is 0 Å². The molecule has 1 unspecified atom stereocenters. The van der Waals surface area contributed by atoms with Gasteiger partial charge in [-0.3, -0.25) is 14.9 Å². The number of amides is 4. The maximum Gasteiger partial charge on any atom is 0.322 e. The number of oxime groups is 1. The van der Waals surface area contributed by atoms with Gasteiger partial charge in [-0.05, 0) is 42.0 Å². The highest BCUT2D eigenvalue weighted by Crippen LogP contribution is 2.35. The number of rotatable bonds is 5. The smallest absolute Gasteiger partial charge is 0.322 e. The van der Waals surface area contributed by atoms with Crippen LogP contribution < -0.4 is 20.7 Å². The molecule has 0 saturated carbocycles. The molecule has 12 nitrogen and oxygen atoms in total. The Morgan fingerprint density at radius 3 is 2.66 bits per heavy atom. The van der Waals surface area contributed by atoms with Crippen molar-refractivity contribution < 1.29 is 28.7 Å². The number of urea groups is 1. The molecule has 2 fully saturated rings. The number of nitrogens with zero attached hydrogens (tertiary/aromatic N) is 3. The molecule has 0 spiro atoms. The van der Waals surface area contributed by atoms with E-state index < -0.39 is 17.5 Å². The summed E-state index contributed by atoms with van der Waals surface area (Å²) >= 11 is 0. The van der Waals surface area contributed by atoms with E-state index in [9.17, 15) is 19.6 Å². The Hall–Kier alpha value is -4.58. The normalized spacial score (nSPS) is 21.6. The lowest BCUT2D eigenvalue weighted by Gasteiger charge is -2.29. The molecule has 38 heavy (non-hydrogen) atoms. The van der Waals surface area contributed by atoms with Crippen LogP contribution in [0.25, 0.3) is 11.0 Å². The summed E-state index contributed by atoms with van der Waals surface area (Å²) in [5, 5.41) is 22.2. The monoisotopic (exact) mass is 518 g/mol. The van der Waals surface area contributed by atoms with E-state index >= 15 is 0 Å². The highest BCUT2D eigenvalue weighted by molar-refractivity contribution is 6.08. The molecule has 3 aliphatic rings. The van der Waals surface area contributed by atoms with Gasteiger partial charge in [0.25, 0.3) is 11.8 Å². The number of methoxy groups -OCH3 is 1. The number of ether oxygens (including phenoxy) is 1. The number of benzene rings is 2. The van der Waals surface area contributed by atoms with Gasteiger partial charge in [0, 0.05) is 49.2 Å². The molecule has 4 amide bonds. The zero-order chi connectivity index (χ0) is 26.4. The van der Waals surface area contributed by atoms with Crippen molar-refractivity contribution in [1.82, 2.24) is 25.8 Å². The maximum absolute atomic E-state index is 13.2. The molecule has 0 radical (unpaired) electrons. The average Bonchev–Trinajstić information content (AvgIpc) is 3.58. The van der Waals surface area contributed by atoms with E-state index in [1.807, 2.05) is 17.0 Å². The van der Waals surface area contributed by atoms with Gasteiger partial charge in [0.1, 0.15) is 17.1 Å². The lowest BCUT2D eigenvalue weighted by molar-refractivity contribution is -0.125. The molecular weight excluding hydrogens is 492 g/mol. The molecule has 6 rings (SSSR count). The van der Waals surface area contributed by atoms with E-state index in [0.29, 0.717) is 46.8 Å². The lowest BCUT2D eigenvalue weighted by Crippen LogP contribution is -2.52. The highest BCUT2D eigenvalue weighted by Gasteiger charge is 2.53. The summed E-state index contributed by atoms with van der Waals surface area (Å²) in [4.78, 5) is 42.2. The number of hydrogen-bond acceptors (Lipinski definition) is 8. The first-order valence-electron chi connectivity index (χ1n) is 12.2. The van der Waals surface area contributed by atoms with E-state index in [2.05, 4.69) is 21.1 Å². The van der Waals surface area contributed by atoms with Crippen LogP contribution in [0.2, 0.25) is 0 Å². The maximum atomic E-state index is 13.2. The predicted molar refractivity (Wildman–Crippen MR) is 135 cm³/mol. The second-order valence-corrected chi connectivity index (χ2v) is 9.52. The van der Waals surface area contributed by atoms with Crippen LogP contribution in [0.5, 0.6) is 5.75 Å². The first-order valence-corrected chi connectivity index (χ1v) is 12.2. The van der Waals surface area contributed by atoms with E-state index in [1.165, 1.54) is 12.0 Å². The molecular formula is C26H26N6O6. The van der Waals surface area contributed by atoms with Gasteiger partial charge in [0.15, 0.2) is 11.4 Å². The minimum Gasteiger partial charge on any atom is -0.497 e. The molecule has 12 heteroatoms. The highest BCUT2D eigenvalue weighted by atomic mass is 16.5. The third-order valence-corrected chi connectivity index (χ3v) is 7.27. The van der Waals surface area contributed by atoms with Gasteiger partial charge >= 0.3 is 6.03 Å². The lowest BCUT2D eigenvalue weighted by atomic mass is 9.95. The first kappa shape index (κ1) is 23.8. The molecule has 2 saturated heterocycles. The van der Waals surface area contributed by atoms with E-state index in [1.54, 1.807) is 30.3 Å². The standard InChI is InChI=1S/C26H26N6O6/c1-37-18-4-2-16-13-32(23(33)19(16)12-18)14-26(24(34)28-25(35)29-26)21-11-17-10-15(3-5-20(17)38-21)22(30-36)31-8-6-27-7-9-31/h2-5,10-12,27,36H,6-9,13-14H2,1H3,(H2,28,29,34,35). The van der Waals surface area contributed by atoms with Crippen LogP contribution in [0, 0.1) is 0 Å². The Kier molecular flexibility index (Phi) is 5.68. The molecule has 3 aliphatic heterocycles. The first-order chi connectivity index (χ1) is 18.4. The molecule has 1 aromatic heterocycles. The number of carbonyl (C=O) groups is 3. The van der Waals surface area contributed by atoms with Crippen molar-refractivity contribution in [2.45, 2.75) is 12.1 Å². The van der Waals surface area contributed by atoms with Crippen LogP contribution in [0.3, 0.4) is 0 Å². The predicted octanol–water partition coefficient (Wildman–Crippen LogP) is 1.17. The molecule has 2 aromatic carbocycles. The second kappa shape index (κ2) is 9.06. The van der Waals surface area contributed by atoms with E-state index in [0.717, 1.165) is 18.7 Å². The van der Waals surface area contributed by atoms with Crippen LogP contribution in [0.1, 0.15) is 27.2 Å². The Morgan fingerprint density at radius 2 is 1.95 bits per heavy atom. The fourth-order valence-electron chi connectivity index (χ4n) is 5.31. The van der Waals surface area contributed by atoms with Gasteiger partial charge < -0.3 is 34.8 Å². The number of amidine groups is 1. The third kappa shape index (κ3) is 3.80. The van der Waals surface area contributed by atoms with Gasteiger partial charge in [-0.2, -0.15) is 0 Å². The minimum atomic E-state index is -1.62. The number of hydrogen-bond donors (Lipinski definition) is 4. The quantitative estimate of drug-likeness (QED) is 0.129. The molecule has 0 bridgehead atoms. The van der Waals surface area contributed by atoms with Crippen molar-refractivity contribution in [2.24, 2.45) is 5.16 Å². The summed E-state index contributed by atoms with van der Waals surface area (Å²) < 4.78 is 11.3. The van der Waals surface area contributed by atoms with Crippen LogP contribution in [-0.4, -0.2) is 78.5 Å². The van der Waals surface area contributed by atoms with Crippen molar-refractivity contribution in [2.75, 3.05) is 39.8 Å². The number of piperazine rings is 1. The van der Waals surface area contributed by atoms with Gasteiger partial charge in [0.05, 0.1) is 13.7 Å². The van der Waals surface area contributed by atoms with Crippen LogP contribution >= 0.6 is 0 Å². The summed E-state index contributed by atoms with van der Waals surface area (Å²) in [7, 11) is 1.53. The van der Waals surface area contributed by atoms with Crippen molar-refractivity contribution in [3.05, 3.63) is 64.9 Å². The van der Waals surface area contributed by atoms with Crippen molar-refractivity contribution in [3.8, 4) is 5.75 Å². The minimum absolute atomic E-state index is 0.128. The molecule has 0 aliphatic carbocycles. The summed E-state index contributed by atoms with van der Waals surface area (Å²) in [5.74, 6) is 0.305. The number of carbonyl (C=O) groups excluding carboxylic acids is 3. The van der Waals surface area contributed by atoms with Crippen LogP contribution in [-0.2, 0) is 16.9 Å². The fraction of sp³-hybridized carbons (Fsp3) is 0.308. The molecule has 4 N–H and O–H groups in total. The topological polar surface area (TPSA) is 149 Å². The van der Waals surface area contributed by atoms with Crippen molar-refractivity contribution in [3.63, 3.8) is 0 Å². The summed E-state index contributed by atoms with van der Waals surface area (Å²) in [5.41, 5.74) is 0.832. The number of fused-ring (bicyclic) bond motifs is 2. The zero-order valence-corrected chi connectivity index (χ0v) is 20.6. The second-order valence-electron chi connectivity index (χ2n) is 9.52. The largest absolute Gasteiger partial charge is 0.497 e. The molecule has 196 valence electrons. The molecule has 3 aromatic rings. The molecule has 4 heterocycles. The van der Waals surface area contributed by atoms with Crippen LogP contribution in [0.15, 0.2) is 52.0 Å². The Morgan fingerprint density at radius 1 is 1.13 bits per heavy atom. The fourth-order valence-corrected chi connectivity index (χ4v) is 5.31. The average molecular weight is 519 g/mol. The Balaban J connectivity index is 1.35. The van der Waals surface area contributed by atoms with E-state index in [4.69, 9.17) is 9.15 Å². The SMILES string of the molecule is COc1ccc2c(c1)C(=O)N(CC1(c3cc4cc(C(=NO)N5CCNCC5)ccc4o3)NC(=O)NC1=O)C2. The van der Waals surface area contributed by atoms with Gasteiger partial charge in [-0.25, -0.2) is 4.79 Å². The third-order valence-electron chi connectivity index (χ3n) is 7.27. The summed E-state index contributed by atoms with van der Waals surface area (Å²) in [6.07, 6.45) is 0. The Bertz CT molecular complexity index is 1490. The Labute approximate surface area is 217 Å². The molecule has 1 atom stereocenters. The van der Waals surface area contributed by atoms with Crippen LogP contribution in [0.4, 0.5) is 4.79 Å². The van der Waals surface area contributed by atoms with Gasteiger partial charge in [-0.1, -0.05) is 11.2 Å². The zero-order valence-electron chi connectivity index (χ0n) is 20.6. The van der Waals surface area contributed by atoms with Crippen molar-refractivity contribution >= 4 is 34.7 Å².